The average molecular weight is 303 g/mol. The predicted molar refractivity (Wildman–Crippen MR) is 65.1 cm³/mol. The molecular weight excluding hydrogens is 291 g/mol. The molecule has 0 saturated heterocycles. The summed E-state index contributed by atoms with van der Waals surface area (Å²) in [6, 6.07) is 3.70. The topological polar surface area (TPSA) is 43.4 Å². The highest BCUT2D eigenvalue weighted by Gasteiger charge is 2.15. The van der Waals surface area contributed by atoms with Crippen LogP contribution in [0.4, 0.5) is 4.39 Å². The molecule has 0 saturated carbocycles. The zero-order valence-electron chi connectivity index (χ0n) is 9.33. The molecular formula is C12H12BrFO3. The molecule has 0 radical (unpaired) electrons. The van der Waals surface area contributed by atoms with Gasteiger partial charge in [0, 0.05) is 17.3 Å². The first kappa shape index (κ1) is 13.8. The van der Waals surface area contributed by atoms with Crippen LogP contribution in [0.1, 0.15) is 34.1 Å². The van der Waals surface area contributed by atoms with E-state index in [-0.39, 0.29) is 18.0 Å². The fourth-order valence-electron chi connectivity index (χ4n) is 1.29. The zero-order chi connectivity index (χ0) is 12.8. The highest BCUT2D eigenvalue weighted by atomic mass is 79.9. The molecule has 0 unspecified atom stereocenters. The molecule has 1 aromatic rings. The van der Waals surface area contributed by atoms with Gasteiger partial charge in [0.2, 0.25) is 0 Å². The molecule has 0 bridgehead atoms. The Kier molecular flexibility index (Phi) is 5.28. The second-order valence-corrected chi connectivity index (χ2v) is 4.07. The standard InChI is InChI=1S/C12H12BrFO3/c1-2-17-12(16)9-7-8(3-4-10(9)14)11(15)5-6-13/h3-4,7H,2,5-6H2,1H3. The third-order valence-electron chi connectivity index (χ3n) is 2.11. The van der Waals surface area contributed by atoms with Crippen molar-refractivity contribution >= 4 is 27.7 Å². The van der Waals surface area contributed by atoms with Crippen LogP contribution in [0.2, 0.25) is 0 Å². The van der Waals surface area contributed by atoms with E-state index in [0.29, 0.717) is 17.3 Å². The maximum absolute atomic E-state index is 13.4. The summed E-state index contributed by atoms with van der Waals surface area (Å²) in [4.78, 5) is 23.0. The Morgan fingerprint density at radius 1 is 1.41 bits per heavy atom. The van der Waals surface area contributed by atoms with E-state index < -0.39 is 11.8 Å². The minimum absolute atomic E-state index is 0.146. The Morgan fingerprint density at radius 2 is 2.12 bits per heavy atom. The molecule has 0 N–H and O–H groups in total. The van der Waals surface area contributed by atoms with Crippen LogP contribution in [0, 0.1) is 5.82 Å². The van der Waals surface area contributed by atoms with Gasteiger partial charge in [-0.15, -0.1) is 0 Å². The molecule has 1 aromatic carbocycles. The summed E-state index contributed by atoms with van der Waals surface area (Å²) in [5, 5.41) is 0.526. The number of Topliss-reactive ketones (excluding diaryl/α,β-unsaturated/α-hetero) is 1. The first-order chi connectivity index (χ1) is 8.10. The third-order valence-corrected chi connectivity index (χ3v) is 2.50. The van der Waals surface area contributed by atoms with Crippen LogP contribution in [-0.4, -0.2) is 23.7 Å². The van der Waals surface area contributed by atoms with Gasteiger partial charge < -0.3 is 4.74 Å². The number of hydrogen-bond donors (Lipinski definition) is 0. The van der Waals surface area contributed by atoms with Gasteiger partial charge in [0.25, 0.3) is 0 Å². The van der Waals surface area contributed by atoms with Gasteiger partial charge in [0.05, 0.1) is 12.2 Å². The van der Waals surface area contributed by atoms with E-state index in [4.69, 9.17) is 4.74 Å². The van der Waals surface area contributed by atoms with Crippen LogP contribution in [-0.2, 0) is 4.74 Å². The number of ether oxygens (including phenoxy) is 1. The molecule has 92 valence electrons. The van der Waals surface area contributed by atoms with Crippen molar-refractivity contribution in [2.24, 2.45) is 0 Å². The molecule has 0 aliphatic carbocycles. The molecule has 0 fully saturated rings. The van der Waals surface area contributed by atoms with Crippen LogP contribution in [0.15, 0.2) is 18.2 Å². The number of esters is 1. The van der Waals surface area contributed by atoms with E-state index in [1.807, 2.05) is 0 Å². The fraction of sp³-hybridized carbons (Fsp3) is 0.333. The van der Waals surface area contributed by atoms with E-state index in [9.17, 15) is 14.0 Å². The van der Waals surface area contributed by atoms with Gasteiger partial charge in [0.15, 0.2) is 5.78 Å². The second-order valence-electron chi connectivity index (χ2n) is 3.28. The van der Waals surface area contributed by atoms with Crippen molar-refractivity contribution in [3.63, 3.8) is 0 Å². The summed E-state index contributed by atoms with van der Waals surface area (Å²) >= 11 is 3.15. The Morgan fingerprint density at radius 3 is 2.71 bits per heavy atom. The molecule has 0 aliphatic heterocycles. The van der Waals surface area contributed by atoms with Crippen molar-refractivity contribution in [1.29, 1.82) is 0 Å². The Balaban J connectivity index is 3.02. The Hall–Kier alpha value is -1.23. The minimum Gasteiger partial charge on any atom is -0.462 e. The number of alkyl halides is 1. The molecule has 0 amide bonds. The number of benzene rings is 1. The van der Waals surface area contributed by atoms with Crippen molar-refractivity contribution in [3.8, 4) is 0 Å². The van der Waals surface area contributed by atoms with E-state index in [1.54, 1.807) is 6.92 Å². The number of ketones is 1. The Bertz CT molecular complexity index is 432. The van der Waals surface area contributed by atoms with Crippen molar-refractivity contribution in [3.05, 3.63) is 35.1 Å². The highest BCUT2D eigenvalue weighted by molar-refractivity contribution is 9.09. The molecule has 0 aliphatic rings. The van der Waals surface area contributed by atoms with Crippen LogP contribution in [0.3, 0.4) is 0 Å². The normalized spacial score (nSPS) is 10.1. The van der Waals surface area contributed by atoms with Gasteiger partial charge in [-0.05, 0) is 25.1 Å². The smallest absolute Gasteiger partial charge is 0.341 e. The summed E-state index contributed by atoms with van der Waals surface area (Å²) in [6.07, 6.45) is 0.300. The van der Waals surface area contributed by atoms with Crippen molar-refractivity contribution in [2.75, 3.05) is 11.9 Å². The van der Waals surface area contributed by atoms with Crippen molar-refractivity contribution in [2.45, 2.75) is 13.3 Å². The lowest BCUT2D eigenvalue weighted by Crippen LogP contribution is -2.09. The van der Waals surface area contributed by atoms with Gasteiger partial charge in [-0.1, -0.05) is 15.9 Å². The van der Waals surface area contributed by atoms with Gasteiger partial charge in [-0.25, -0.2) is 9.18 Å². The lowest BCUT2D eigenvalue weighted by Gasteiger charge is -2.05. The van der Waals surface area contributed by atoms with Crippen molar-refractivity contribution < 1.29 is 18.7 Å². The molecule has 5 heteroatoms. The van der Waals surface area contributed by atoms with Gasteiger partial charge in [-0.3, -0.25) is 4.79 Å². The van der Waals surface area contributed by atoms with Crippen LogP contribution < -0.4 is 0 Å². The first-order valence-corrected chi connectivity index (χ1v) is 6.28. The highest BCUT2D eigenvalue weighted by Crippen LogP contribution is 2.14. The largest absolute Gasteiger partial charge is 0.462 e. The number of rotatable bonds is 5. The maximum atomic E-state index is 13.4. The van der Waals surface area contributed by atoms with E-state index in [1.165, 1.54) is 12.1 Å². The predicted octanol–water partition coefficient (Wildman–Crippen LogP) is 2.97. The second kappa shape index (κ2) is 6.49. The molecule has 0 heterocycles. The summed E-state index contributed by atoms with van der Waals surface area (Å²) in [6.45, 7) is 1.80. The summed E-state index contributed by atoms with van der Waals surface area (Å²) in [5.41, 5.74) is 0.112. The minimum atomic E-state index is -0.751. The maximum Gasteiger partial charge on any atom is 0.341 e. The number of halogens is 2. The van der Waals surface area contributed by atoms with Gasteiger partial charge in [0.1, 0.15) is 5.82 Å². The lowest BCUT2D eigenvalue weighted by atomic mass is 10.1. The lowest BCUT2D eigenvalue weighted by molar-refractivity contribution is 0.0521. The number of hydrogen-bond acceptors (Lipinski definition) is 3. The van der Waals surface area contributed by atoms with Gasteiger partial charge in [-0.2, -0.15) is 0 Å². The molecule has 0 atom stereocenters. The average Bonchev–Trinajstić information content (AvgIpc) is 2.30. The number of carbonyl (C=O) groups excluding carboxylic acids is 2. The van der Waals surface area contributed by atoms with E-state index in [0.717, 1.165) is 6.07 Å². The quantitative estimate of drug-likeness (QED) is 0.477. The number of carbonyl (C=O) groups is 2. The van der Waals surface area contributed by atoms with Gasteiger partial charge >= 0.3 is 5.97 Å². The van der Waals surface area contributed by atoms with Crippen LogP contribution in [0.5, 0.6) is 0 Å². The SMILES string of the molecule is CCOC(=O)c1cc(C(=O)CCBr)ccc1F. The monoisotopic (exact) mass is 302 g/mol. The summed E-state index contributed by atoms with van der Waals surface area (Å²) in [7, 11) is 0. The van der Waals surface area contributed by atoms with Crippen LogP contribution in [0.25, 0.3) is 0 Å². The first-order valence-electron chi connectivity index (χ1n) is 5.16. The summed E-state index contributed by atoms with van der Waals surface area (Å²) < 4.78 is 18.1. The zero-order valence-corrected chi connectivity index (χ0v) is 10.9. The molecule has 0 aromatic heterocycles. The van der Waals surface area contributed by atoms with E-state index >= 15 is 0 Å². The van der Waals surface area contributed by atoms with Crippen LogP contribution >= 0.6 is 15.9 Å². The molecule has 17 heavy (non-hydrogen) atoms. The summed E-state index contributed by atoms with van der Waals surface area (Å²) in [5.74, 6) is -1.58. The Labute approximate surface area is 107 Å². The van der Waals surface area contributed by atoms with Crippen molar-refractivity contribution in [1.82, 2.24) is 0 Å². The molecule has 1 rings (SSSR count). The molecule has 3 nitrogen and oxygen atoms in total. The fourth-order valence-corrected chi connectivity index (χ4v) is 1.65. The van der Waals surface area contributed by atoms with E-state index in [2.05, 4.69) is 15.9 Å². The molecule has 0 spiro atoms. The third kappa shape index (κ3) is 3.63.